The van der Waals surface area contributed by atoms with Gasteiger partial charge in [-0.1, -0.05) is 22.0 Å². The Morgan fingerprint density at radius 2 is 2.09 bits per heavy atom. The summed E-state index contributed by atoms with van der Waals surface area (Å²) in [5.74, 6) is 0.247. The Kier molecular flexibility index (Phi) is 4.49. The van der Waals surface area contributed by atoms with Crippen LogP contribution in [0.5, 0.6) is 5.75 Å². The van der Waals surface area contributed by atoms with E-state index in [1.807, 2.05) is 6.07 Å². The van der Waals surface area contributed by atoms with Gasteiger partial charge in [-0.25, -0.2) is 0 Å². The lowest BCUT2D eigenvalue weighted by molar-refractivity contribution is 0.468. The third kappa shape index (κ3) is 2.69. The molecule has 0 fully saturated rings. The monoisotopic (exact) mass is 237 g/mol. The molecular formula is C7H9BrClNO. The van der Waals surface area contributed by atoms with E-state index in [4.69, 9.17) is 5.73 Å². The first-order chi connectivity index (χ1) is 4.74. The van der Waals surface area contributed by atoms with E-state index in [9.17, 15) is 5.11 Å². The predicted octanol–water partition coefficient (Wildman–Crippen LogP) is 2.04. The van der Waals surface area contributed by atoms with Crippen LogP contribution in [0.1, 0.15) is 5.56 Å². The molecule has 1 aromatic rings. The van der Waals surface area contributed by atoms with Gasteiger partial charge in [-0.05, 0) is 12.1 Å². The Labute approximate surface area is 80.0 Å². The number of halogens is 2. The average Bonchev–Trinajstić information content (AvgIpc) is 1.88. The van der Waals surface area contributed by atoms with Gasteiger partial charge in [0.15, 0.2) is 0 Å². The van der Waals surface area contributed by atoms with Crippen molar-refractivity contribution < 1.29 is 5.11 Å². The molecule has 1 aromatic carbocycles. The lowest BCUT2D eigenvalue weighted by Crippen LogP contribution is -1.95. The van der Waals surface area contributed by atoms with Gasteiger partial charge in [0, 0.05) is 16.6 Å². The molecule has 0 heterocycles. The summed E-state index contributed by atoms with van der Waals surface area (Å²) in [5.41, 5.74) is 6.09. The summed E-state index contributed by atoms with van der Waals surface area (Å²) in [6.45, 7) is 0.374. The predicted molar refractivity (Wildman–Crippen MR) is 50.9 cm³/mol. The second-order valence-electron chi connectivity index (χ2n) is 1.98. The van der Waals surface area contributed by atoms with Gasteiger partial charge in [0.2, 0.25) is 0 Å². The van der Waals surface area contributed by atoms with Gasteiger partial charge in [-0.3, -0.25) is 0 Å². The standard InChI is InChI=1S/C7H8BrNO.ClH/c8-6-2-1-5(4-9)7(10)3-6;/h1-3,10H,4,9H2;1H. The first-order valence-corrected chi connectivity index (χ1v) is 3.71. The second kappa shape index (κ2) is 4.59. The zero-order valence-corrected chi connectivity index (χ0v) is 8.15. The van der Waals surface area contributed by atoms with E-state index in [2.05, 4.69) is 15.9 Å². The summed E-state index contributed by atoms with van der Waals surface area (Å²) in [7, 11) is 0. The summed E-state index contributed by atoms with van der Waals surface area (Å²) in [6.07, 6.45) is 0. The maximum atomic E-state index is 9.18. The number of nitrogens with two attached hydrogens (primary N) is 1. The van der Waals surface area contributed by atoms with Crippen LogP contribution in [0.25, 0.3) is 0 Å². The third-order valence-corrected chi connectivity index (χ3v) is 1.76. The van der Waals surface area contributed by atoms with E-state index in [-0.39, 0.29) is 18.2 Å². The molecule has 0 saturated carbocycles. The molecule has 3 N–H and O–H groups in total. The molecule has 2 nitrogen and oxygen atoms in total. The van der Waals surface area contributed by atoms with Crippen LogP contribution < -0.4 is 5.73 Å². The van der Waals surface area contributed by atoms with Crippen molar-refractivity contribution in [2.24, 2.45) is 5.73 Å². The Bertz CT molecular complexity index is 242. The number of hydrogen-bond donors (Lipinski definition) is 2. The van der Waals surface area contributed by atoms with Crippen LogP contribution in [-0.2, 0) is 6.54 Å². The number of aromatic hydroxyl groups is 1. The first kappa shape index (κ1) is 10.8. The summed E-state index contributed by atoms with van der Waals surface area (Å²) >= 11 is 3.22. The van der Waals surface area contributed by atoms with Crippen molar-refractivity contribution in [2.75, 3.05) is 0 Å². The molecular weight excluding hydrogens is 229 g/mol. The van der Waals surface area contributed by atoms with Crippen LogP contribution in [0.15, 0.2) is 22.7 Å². The van der Waals surface area contributed by atoms with E-state index in [1.54, 1.807) is 12.1 Å². The molecule has 62 valence electrons. The molecule has 0 spiro atoms. The van der Waals surface area contributed by atoms with Crippen LogP contribution in [0.4, 0.5) is 0 Å². The summed E-state index contributed by atoms with van der Waals surface area (Å²) in [4.78, 5) is 0. The van der Waals surface area contributed by atoms with Crippen molar-refractivity contribution >= 4 is 28.3 Å². The fourth-order valence-corrected chi connectivity index (χ4v) is 1.06. The zero-order chi connectivity index (χ0) is 7.56. The quantitative estimate of drug-likeness (QED) is 0.786. The van der Waals surface area contributed by atoms with Crippen molar-refractivity contribution in [2.45, 2.75) is 6.54 Å². The van der Waals surface area contributed by atoms with Gasteiger partial charge >= 0.3 is 0 Å². The Balaban J connectivity index is 0.000001000. The SMILES string of the molecule is Cl.NCc1ccc(Br)cc1O. The highest BCUT2D eigenvalue weighted by atomic mass is 79.9. The molecule has 0 aliphatic rings. The van der Waals surface area contributed by atoms with Crippen LogP contribution >= 0.6 is 28.3 Å². The smallest absolute Gasteiger partial charge is 0.121 e. The first-order valence-electron chi connectivity index (χ1n) is 2.91. The molecule has 0 radical (unpaired) electrons. The van der Waals surface area contributed by atoms with E-state index in [0.717, 1.165) is 10.0 Å². The second-order valence-corrected chi connectivity index (χ2v) is 2.89. The summed E-state index contributed by atoms with van der Waals surface area (Å²) < 4.78 is 0.863. The number of phenols is 1. The fraction of sp³-hybridized carbons (Fsp3) is 0.143. The van der Waals surface area contributed by atoms with Gasteiger partial charge in [-0.15, -0.1) is 12.4 Å². The molecule has 0 unspecified atom stereocenters. The van der Waals surface area contributed by atoms with Gasteiger partial charge in [0.05, 0.1) is 0 Å². The summed E-state index contributed by atoms with van der Waals surface area (Å²) in [5, 5.41) is 9.18. The van der Waals surface area contributed by atoms with Crippen molar-refractivity contribution in [1.82, 2.24) is 0 Å². The Morgan fingerprint density at radius 3 is 2.55 bits per heavy atom. The molecule has 11 heavy (non-hydrogen) atoms. The lowest BCUT2D eigenvalue weighted by atomic mass is 10.2. The van der Waals surface area contributed by atoms with Crippen LogP contribution in [0.3, 0.4) is 0 Å². The van der Waals surface area contributed by atoms with Gasteiger partial charge in [-0.2, -0.15) is 0 Å². The van der Waals surface area contributed by atoms with Gasteiger partial charge in [0.1, 0.15) is 5.75 Å². The molecule has 0 aliphatic heterocycles. The summed E-state index contributed by atoms with van der Waals surface area (Å²) in [6, 6.07) is 5.27. The van der Waals surface area contributed by atoms with E-state index < -0.39 is 0 Å². The molecule has 0 bridgehead atoms. The normalized spacial score (nSPS) is 8.91. The molecule has 0 amide bonds. The lowest BCUT2D eigenvalue weighted by Gasteiger charge is -1.99. The highest BCUT2D eigenvalue weighted by Gasteiger charge is 1.97. The molecule has 1 rings (SSSR count). The average molecular weight is 239 g/mol. The minimum Gasteiger partial charge on any atom is -0.508 e. The Morgan fingerprint density at radius 1 is 1.45 bits per heavy atom. The number of hydrogen-bond acceptors (Lipinski definition) is 2. The molecule has 0 saturated heterocycles. The minimum atomic E-state index is 0. The largest absolute Gasteiger partial charge is 0.508 e. The van der Waals surface area contributed by atoms with Crippen molar-refractivity contribution in [3.63, 3.8) is 0 Å². The fourth-order valence-electron chi connectivity index (χ4n) is 0.710. The maximum Gasteiger partial charge on any atom is 0.121 e. The topological polar surface area (TPSA) is 46.2 Å². The van der Waals surface area contributed by atoms with Crippen molar-refractivity contribution in [1.29, 1.82) is 0 Å². The van der Waals surface area contributed by atoms with Crippen molar-refractivity contribution in [3.8, 4) is 5.75 Å². The van der Waals surface area contributed by atoms with Crippen LogP contribution in [-0.4, -0.2) is 5.11 Å². The molecule has 0 atom stereocenters. The highest BCUT2D eigenvalue weighted by Crippen LogP contribution is 2.21. The van der Waals surface area contributed by atoms with E-state index in [1.165, 1.54) is 0 Å². The Hall–Kier alpha value is -0.250. The molecule has 0 aliphatic carbocycles. The number of phenolic OH excluding ortho intramolecular Hbond substituents is 1. The maximum absolute atomic E-state index is 9.18. The van der Waals surface area contributed by atoms with E-state index >= 15 is 0 Å². The molecule has 0 aromatic heterocycles. The number of rotatable bonds is 1. The minimum absolute atomic E-state index is 0. The van der Waals surface area contributed by atoms with Crippen molar-refractivity contribution in [3.05, 3.63) is 28.2 Å². The third-order valence-electron chi connectivity index (χ3n) is 1.27. The van der Waals surface area contributed by atoms with Gasteiger partial charge in [0.25, 0.3) is 0 Å². The molecule has 4 heteroatoms. The number of benzene rings is 1. The zero-order valence-electron chi connectivity index (χ0n) is 5.75. The van der Waals surface area contributed by atoms with E-state index in [0.29, 0.717) is 6.54 Å². The van der Waals surface area contributed by atoms with Gasteiger partial charge < -0.3 is 10.8 Å². The van der Waals surface area contributed by atoms with Crippen LogP contribution in [0, 0.1) is 0 Å². The van der Waals surface area contributed by atoms with Crippen LogP contribution in [0.2, 0.25) is 0 Å². The highest BCUT2D eigenvalue weighted by molar-refractivity contribution is 9.10.